The normalized spacial score (nSPS) is 18.7. The topological polar surface area (TPSA) is 64.3 Å². The predicted octanol–water partition coefficient (Wildman–Crippen LogP) is 1.78. The lowest BCUT2D eigenvalue weighted by molar-refractivity contribution is -0.123. The van der Waals surface area contributed by atoms with Gasteiger partial charge in [-0.15, -0.1) is 0 Å². The van der Waals surface area contributed by atoms with E-state index < -0.39 is 0 Å². The quantitative estimate of drug-likeness (QED) is 0.602. The Morgan fingerprint density at radius 3 is 2.79 bits per heavy atom. The number of ether oxygens (including phenoxy) is 1. The molecule has 1 aliphatic rings. The summed E-state index contributed by atoms with van der Waals surface area (Å²) >= 11 is 1.72. The van der Waals surface area contributed by atoms with Crippen molar-refractivity contribution in [2.45, 2.75) is 45.1 Å². The summed E-state index contributed by atoms with van der Waals surface area (Å²) in [4.78, 5) is 11.9. The van der Waals surface area contributed by atoms with Crippen LogP contribution in [0.5, 0.6) is 0 Å². The third-order valence-corrected chi connectivity index (χ3v) is 4.65. The highest BCUT2D eigenvalue weighted by Gasteiger charge is 2.36. The van der Waals surface area contributed by atoms with Crippen LogP contribution in [-0.2, 0) is 9.53 Å². The van der Waals surface area contributed by atoms with E-state index >= 15 is 0 Å². The van der Waals surface area contributed by atoms with Crippen LogP contribution in [0.25, 0.3) is 0 Å². The first-order valence-electron chi connectivity index (χ1n) is 7.23. The summed E-state index contributed by atoms with van der Waals surface area (Å²) in [5.74, 6) is 0.932. The minimum atomic E-state index is -0.364. The molecule has 0 radical (unpaired) electrons. The molecule has 1 amide bonds. The Balaban J connectivity index is 2.26. The molecule has 0 spiro atoms. The van der Waals surface area contributed by atoms with E-state index in [0.717, 1.165) is 38.4 Å². The maximum absolute atomic E-state index is 11.9. The van der Waals surface area contributed by atoms with Gasteiger partial charge in [0.05, 0.1) is 6.04 Å². The molecular weight excluding hydrogens is 260 g/mol. The summed E-state index contributed by atoms with van der Waals surface area (Å²) < 4.78 is 5.43. The minimum Gasteiger partial charge on any atom is -0.382 e. The molecule has 1 atom stereocenters. The molecule has 5 heteroatoms. The van der Waals surface area contributed by atoms with E-state index in [-0.39, 0.29) is 17.4 Å². The van der Waals surface area contributed by atoms with Gasteiger partial charge in [-0.1, -0.05) is 6.42 Å². The Morgan fingerprint density at radius 2 is 2.26 bits per heavy atom. The van der Waals surface area contributed by atoms with Gasteiger partial charge >= 0.3 is 0 Å². The van der Waals surface area contributed by atoms with Crippen LogP contribution in [0.2, 0.25) is 0 Å². The second kappa shape index (κ2) is 8.82. The van der Waals surface area contributed by atoms with Crippen LogP contribution in [0.1, 0.15) is 39.0 Å². The average molecular weight is 288 g/mol. The first-order valence-corrected chi connectivity index (χ1v) is 8.63. The van der Waals surface area contributed by atoms with E-state index in [4.69, 9.17) is 10.5 Å². The van der Waals surface area contributed by atoms with Crippen LogP contribution >= 0.6 is 11.8 Å². The first-order chi connectivity index (χ1) is 9.13. The molecule has 0 heterocycles. The summed E-state index contributed by atoms with van der Waals surface area (Å²) in [5.41, 5.74) is 6.13. The molecule has 3 N–H and O–H groups in total. The molecule has 0 aromatic heterocycles. The van der Waals surface area contributed by atoms with E-state index in [0.29, 0.717) is 0 Å². The van der Waals surface area contributed by atoms with Crippen molar-refractivity contribution in [3.8, 4) is 0 Å². The van der Waals surface area contributed by atoms with Gasteiger partial charge in [0.2, 0.25) is 5.91 Å². The molecule has 4 nitrogen and oxygen atoms in total. The molecule has 0 bridgehead atoms. The summed E-state index contributed by atoms with van der Waals surface area (Å²) in [5, 5.41) is 3.03. The van der Waals surface area contributed by atoms with E-state index in [1.165, 1.54) is 19.3 Å². The number of hydrogen-bond donors (Lipinski definition) is 2. The number of nitrogens with two attached hydrogens (primary N) is 1. The fourth-order valence-corrected chi connectivity index (χ4v) is 2.90. The maximum Gasteiger partial charge on any atom is 0.236 e. The maximum atomic E-state index is 11.9. The van der Waals surface area contributed by atoms with E-state index in [1.54, 1.807) is 11.8 Å². The lowest BCUT2D eigenvalue weighted by Gasteiger charge is -2.42. The Morgan fingerprint density at radius 1 is 1.53 bits per heavy atom. The summed E-state index contributed by atoms with van der Waals surface area (Å²) in [6.07, 6.45) is 7.48. The summed E-state index contributed by atoms with van der Waals surface area (Å²) in [6.45, 7) is 4.33. The number of carbonyl (C=O) groups is 1. The average Bonchev–Trinajstić information content (AvgIpc) is 2.37. The number of rotatable bonds is 10. The molecule has 0 aliphatic heterocycles. The summed E-state index contributed by atoms with van der Waals surface area (Å²) in [6, 6.07) is -0.364. The highest BCUT2D eigenvalue weighted by Crippen LogP contribution is 2.43. The van der Waals surface area contributed by atoms with Crippen molar-refractivity contribution in [3.05, 3.63) is 0 Å². The standard InChI is InChI=1S/C14H28N2O2S/c1-3-18-9-8-14(6-4-7-14)11-16-13(17)12(15)5-10-19-2/h12H,3-11,15H2,1-2H3,(H,16,17)/t12-/m0/s1. The third kappa shape index (κ3) is 5.71. The molecule has 19 heavy (non-hydrogen) atoms. The molecule has 112 valence electrons. The van der Waals surface area contributed by atoms with Crippen LogP contribution in [0.4, 0.5) is 0 Å². The molecule has 0 aromatic carbocycles. The highest BCUT2D eigenvalue weighted by molar-refractivity contribution is 7.98. The fraction of sp³-hybridized carbons (Fsp3) is 0.929. The van der Waals surface area contributed by atoms with E-state index in [9.17, 15) is 4.79 Å². The third-order valence-electron chi connectivity index (χ3n) is 4.00. The zero-order valence-corrected chi connectivity index (χ0v) is 13.1. The van der Waals surface area contributed by atoms with Gasteiger partial charge in [-0.2, -0.15) is 11.8 Å². The lowest BCUT2D eigenvalue weighted by Crippen LogP contribution is -2.48. The van der Waals surface area contributed by atoms with E-state index in [2.05, 4.69) is 5.32 Å². The number of nitrogens with one attached hydrogen (secondary N) is 1. The van der Waals surface area contributed by atoms with Gasteiger partial charge in [-0.3, -0.25) is 4.79 Å². The molecular formula is C14H28N2O2S. The fourth-order valence-electron chi connectivity index (χ4n) is 2.41. The smallest absolute Gasteiger partial charge is 0.236 e. The van der Waals surface area contributed by atoms with Crippen molar-refractivity contribution in [1.29, 1.82) is 0 Å². The van der Waals surface area contributed by atoms with Gasteiger partial charge < -0.3 is 15.8 Å². The molecule has 0 unspecified atom stereocenters. The van der Waals surface area contributed by atoms with Gasteiger partial charge in [0, 0.05) is 19.8 Å². The predicted molar refractivity (Wildman–Crippen MR) is 81.4 cm³/mol. The van der Waals surface area contributed by atoms with Crippen molar-refractivity contribution in [1.82, 2.24) is 5.32 Å². The lowest BCUT2D eigenvalue weighted by atomic mass is 9.66. The summed E-state index contributed by atoms with van der Waals surface area (Å²) in [7, 11) is 0. The molecule has 1 saturated carbocycles. The van der Waals surface area contributed by atoms with Gasteiger partial charge in [0.15, 0.2) is 0 Å². The Bertz CT molecular complexity index is 270. The molecule has 1 fully saturated rings. The van der Waals surface area contributed by atoms with Crippen LogP contribution in [0.3, 0.4) is 0 Å². The SMILES string of the molecule is CCOCCC1(CNC(=O)[C@@H](N)CCSC)CCC1. The van der Waals surface area contributed by atoms with Crippen molar-refractivity contribution < 1.29 is 9.53 Å². The Hall–Kier alpha value is -0.260. The van der Waals surface area contributed by atoms with Crippen LogP contribution < -0.4 is 11.1 Å². The van der Waals surface area contributed by atoms with Gasteiger partial charge in [-0.25, -0.2) is 0 Å². The number of carbonyl (C=O) groups excluding carboxylic acids is 1. The van der Waals surface area contributed by atoms with E-state index in [1.807, 2.05) is 13.2 Å². The van der Waals surface area contributed by atoms with Crippen LogP contribution in [-0.4, -0.2) is 43.7 Å². The van der Waals surface area contributed by atoms with Crippen molar-refractivity contribution in [2.75, 3.05) is 31.8 Å². The zero-order chi connectivity index (χ0) is 14.1. The number of hydrogen-bond acceptors (Lipinski definition) is 4. The Kier molecular flexibility index (Phi) is 7.80. The molecule has 1 aliphatic carbocycles. The van der Waals surface area contributed by atoms with Crippen LogP contribution in [0, 0.1) is 5.41 Å². The number of amides is 1. The minimum absolute atomic E-state index is 0.00302. The molecule has 0 aromatic rings. The molecule has 1 rings (SSSR count). The zero-order valence-electron chi connectivity index (χ0n) is 12.2. The van der Waals surface area contributed by atoms with Gasteiger partial charge in [-0.05, 0) is 50.0 Å². The largest absolute Gasteiger partial charge is 0.382 e. The van der Waals surface area contributed by atoms with Crippen molar-refractivity contribution in [3.63, 3.8) is 0 Å². The van der Waals surface area contributed by atoms with Crippen LogP contribution in [0.15, 0.2) is 0 Å². The van der Waals surface area contributed by atoms with Crippen molar-refractivity contribution in [2.24, 2.45) is 11.1 Å². The van der Waals surface area contributed by atoms with Crippen molar-refractivity contribution >= 4 is 17.7 Å². The molecule has 0 saturated heterocycles. The number of thioether (sulfide) groups is 1. The highest BCUT2D eigenvalue weighted by atomic mass is 32.2. The second-order valence-corrected chi connectivity index (χ2v) is 6.39. The van der Waals surface area contributed by atoms with Gasteiger partial charge in [0.1, 0.15) is 0 Å². The first kappa shape index (κ1) is 16.8. The monoisotopic (exact) mass is 288 g/mol. The Labute approximate surface area is 121 Å². The second-order valence-electron chi connectivity index (χ2n) is 5.41. The van der Waals surface area contributed by atoms with Gasteiger partial charge in [0.25, 0.3) is 0 Å².